The third-order valence-corrected chi connectivity index (χ3v) is 6.48. The lowest BCUT2D eigenvalue weighted by Crippen LogP contribution is -2.58. The van der Waals surface area contributed by atoms with Crippen LogP contribution in [0.15, 0.2) is 60.8 Å². The fourth-order valence-corrected chi connectivity index (χ4v) is 4.23. The van der Waals surface area contributed by atoms with Gasteiger partial charge in [0.1, 0.15) is 18.1 Å². The minimum Gasteiger partial charge on any atom is -0.480 e. The molecule has 13 nitrogen and oxygen atoms in total. The second-order valence-corrected chi connectivity index (χ2v) is 9.57. The van der Waals surface area contributed by atoms with E-state index in [4.69, 9.17) is 11.5 Å². The van der Waals surface area contributed by atoms with Crippen molar-refractivity contribution in [2.75, 3.05) is 6.61 Å². The lowest BCUT2D eigenvalue weighted by Gasteiger charge is -2.25. The molecule has 41 heavy (non-hydrogen) atoms. The number of amides is 4. The number of fused-ring (bicyclic) bond motifs is 1. The molecule has 0 fully saturated rings. The van der Waals surface area contributed by atoms with Crippen LogP contribution in [0, 0.1) is 0 Å². The van der Waals surface area contributed by atoms with Gasteiger partial charge in [0.15, 0.2) is 0 Å². The number of aromatic amines is 1. The molecule has 3 aromatic rings. The van der Waals surface area contributed by atoms with E-state index in [-0.39, 0.29) is 25.7 Å². The number of hydrogen-bond donors (Lipinski definition) is 8. The number of aliphatic hydroxyl groups is 1. The van der Waals surface area contributed by atoms with Crippen molar-refractivity contribution in [1.82, 2.24) is 20.9 Å². The number of carbonyl (C=O) groups is 5. The van der Waals surface area contributed by atoms with E-state index >= 15 is 0 Å². The van der Waals surface area contributed by atoms with Crippen LogP contribution in [0.1, 0.15) is 24.0 Å². The van der Waals surface area contributed by atoms with Crippen LogP contribution in [0.25, 0.3) is 10.9 Å². The van der Waals surface area contributed by atoms with E-state index in [1.54, 1.807) is 36.5 Å². The molecule has 4 unspecified atom stereocenters. The number of carboxylic acids is 1. The summed E-state index contributed by atoms with van der Waals surface area (Å²) in [6, 6.07) is 11.0. The maximum atomic E-state index is 13.6. The van der Waals surface area contributed by atoms with Gasteiger partial charge in [0, 0.05) is 36.4 Å². The summed E-state index contributed by atoms with van der Waals surface area (Å²) in [6.45, 7) is -0.852. The molecular formula is C28H34N6O7. The van der Waals surface area contributed by atoms with E-state index in [1.807, 2.05) is 24.3 Å². The average molecular weight is 567 g/mol. The van der Waals surface area contributed by atoms with Crippen LogP contribution in [0.5, 0.6) is 0 Å². The van der Waals surface area contributed by atoms with Crippen LogP contribution in [-0.4, -0.2) is 75.6 Å². The molecule has 4 atom stereocenters. The van der Waals surface area contributed by atoms with Gasteiger partial charge in [-0.25, -0.2) is 4.79 Å². The molecule has 0 radical (unpaired) electrons. The normalized spacial score (nSPS) is 13.9. The highest BCUT2D eigenvalue weighted by molar-refractivity contribution is 5.95. The summed E-state index contributed by atoms with van der Waals surface area (Å²) < 4.78 is 0. The summed E-state index contributed by atoms with van der Waals surface area (Å²) in [4.78, 5) is 65.2. The first kappa shape index (κ1) is 30.8. The predicted molar refractivity (Wildman–Crippen MR) is 149 cm³/mol. The molecule has 0 aliphatic heterocycles. The number of carboxylic acid groups (broad SMARTS) is 1. The molecule has 0 spiro atoms. The highest BCUT2D eigenvalue weighted by Gasteiger charge is 2.31. The maximum Gasteiger partial charge on any atom is 0.328 e. The van der Waals surface area contributed by atoms with Crippen LogP contribution < -0.4 is 27.4 Å². The molecule has 0 bridgehead atoms. The number of rotatable bonds is 15. The molecule has 10 N–H and O–H groups in total. The number of hydrogen-bond acceptors (Lipinski definition) is 7. The minimum absolute atomic E-state index is 0.00204. The molecular weight excluding hydrogens is 532 g/mol. The van der Waals surface area contributed by atoms with Crippen LogP contribution in [0.3, 0.4) is 0 Å². The van der Waals surface area contributed by atoms with Crippen molar-refractivity contribution in [3.63, 3.8) is 0 Å². The number of primary amides is 1. The Bertz CT molecular complexity index is 1380. The van der Waals surface area contributed by atoms with Crippen LogP contribution in [0.2, 0.25) is 0 Å². The van der Waals surface area contributed by atoms with Gasteiger partial charge >= 0.3 is 5.97 Å². The number of nitrogens with two attached hydrogens (primary N) is 2. The summed E-state index contributed by atoms with van der Waals surface area (Å²) in [5.41, 5.74) is 13.3. The maximum absolute atomic E-state index is 13.6. The fourth-order valence-electron chi connectivity index (χ4n) is 4.23. The molecule has 0 aliphatic rings. The van der Waals surface area contributed by atoms with Crippen molar-refractivity contribution < 1.29 is 34.2 Å². The van der Waals surface area contributed by atoms with Gasteiger partial charge in [0.2, 0.25) is 23.6 Å². The van der Waals surface area contributed by atoms with Crippen LogP contribution >= 0.6 is 0 Å². The smallest absolute Gasteiger partial charge is 0.328 e. The summed E-state index contributed by atoms with van der Waals surface area (Å²) in [5.74, 6) is -4.32. The predicted octanol–water partition coefficient (Wildman–Crippen LogP) is -0.923. The Morgan fingerprint density at radius 1 is 0.805 bits per heavy atom. The Hall–Kier alpha value is -4.75. The van der Waals surface area contributed by atoms with Gasteiger partial charge in [-0.1, -0.05) is 48.5 Å². The quantitative estimate of drug-likeness (QED) is 0.114. The number of para-hydroxylation sites is 1. The van der Waals surface area contributed by atoms with Gasteiger partial charge in [0.05, 0.1) is 12.6 Å². The second-order valence-electron chi connectivity index (χ2n) is 9.57. The summed E-state index contributed by atoms with van der Waals surface area (Å²) in [6.07, 6.45) is 1.58. The topological polar surface area (TPSA) is 230 Å². The van der Waals surface area contributed by atoms with E-state index in [0.29, 0.717) is 11.1 Å². The first-order chi connectivity index (χ1) is 19.6. The molecule has 1 heterocycles. The SMILES string of the molecule is NC(=O)CCC(N)C(=O)NC(Cc1c[nH]c2ccccc12)C(=O)NC(Cc1ccccc1)C(=O)NC(CO)C(=O)O. The van der Waals surface area contributed by atoms with E-state index in [1.165, 1.54) is 0 Å². The summed E-state index contributed by atoms with van der Waals surface area (Å²) in [7, 11) is 0. The average Bonchev–Trinajstić information content (AvgIpc) is 3.36. The number of nitrogens with one attached hydrogen (secondary N) is 4. The highest BCUT2D eigenvalue weighted by atomic mass is 16.4. The molecule has 4 amide bonds. The van der Waals surface area contributed by atoms with Gasteiger partial charge < -0.3 is 42.6 Å². The van der Waals surface area contributed by atoms with E-state index < -0.39 is 60.4 Å². The van der Waals surface area contributed by atoms with Crippen molar-refractivity contribution >= 4 is 40.5 Å². The van der Waals surface area contributed by atoms with Crippen molar-refractivity contribution in [2.24, 2.45) is 11.5 Å². The third-order valence-electron chi connectivity index (χ3n) is 6.48. The Morgan fingerprint density at radius 2 is 1.39 bits per heavy atom. The van der Waals surface area contributed by atoms with Crippen molar-refractivity contribution in [2.45, 2.75) is 49.9 Å². The minimum atomic E-state index is -1.58. The molecule has 2 aromatic carbocycles. The first-order valence-electron chi connectivity index (χ1n) is 13.0. The van der Waals surface area contributed by atoms with E-state index in [2.05, 4.69) is 20.9 Å². The zero-order valence-corrected chi connectivity index (χ0v) is 22.2. The molecule has 13 heteroatoms. The zero-order valence-electron chi connectivity index (χ0n) is 22.2. The van der Waals surface area contributed by atoms with Gasteiger partial charge in [-0.3, -0.25) is 19.2 Å². The monoisotopic (exact) mass is 566 g/mol. The van der Waals surface area contributed by atoms with Crippen molar-refractivity contribution in [3.8, 4) is 0 Å². The number of aliphatic carboxylic acids is 1. The molecule has 3 rings (SSSR count). The number of H-pyrrole nitrogens is 1. The van der Waals surface area contributed by atoms with Gasteiger partial charge in [0.25, 0.3) is 0 Å². The molecule has 0 saturated heterocycles. The molecule has 218 valence electrons. The molecule has 0 aliphatic carbocycles. The van der Waals surface area contributed by atoms with Crippen molar-refractivity contribution in [3.05, 3.63) is 71.9 Å². The molecule has 1 aromatic heterocycles. The van der Waals surface area contributed by atoms with Crippen molar-refractivity contribution in [1.29, 1.82) is 0 Å². The highest BCUT2D eigenvalue weighted by Crippen LogP contribution is 2.19. The van der Waals surface area contributed by atoms with Gasteiger partial charge in [-0.2, -0.15) is 0 Å². The Kier molecular flexibility index (Phi) is 11.0. The van der Waals surface area contributed by atoms with Gasteiger partial charge in [-0.15, -0.1) is 0 Å². The lowest BCUT2D eigenvalue weighted by atomic mass is 10.0. The van der Waals surface area contributed by atoms with Crippen LogP contribution in [0.4, 0.5) is 0 Å². The van der Waals surface area contributed by atoms with E-state index in [0.717, 1.165) is 10.9 Å². The second kappa shape index (κ2) is 14.6. The van der Waals surface area contributed by atoms with Crippen LogP contribution in [-0.2, 0) is 36.8 Å². The Morgan fingerprint density at radius 3 is 2.02 bits per heavy atom. The first-order valence-corrected chi connectivity index (χ1v) is 13.0. The largest absolute Gasteiger partial charge is 0.480 e. The molecule has 0 saturated carbocycles. The Labute approximate surface area is 235 Å². The standard InChI is InChI=1S/C28H34N6O7/c29-19(10-11-24(30)36)25(37)32-22(13-17-14-31-20-9-5-4-8-18(17)20)27(39)33-21(12-16-6-2-1-3-7-16)26(38)34-23(15-35)28(40)41/h1-9,14,19,21-23,31,35H,10-13,15,29H2,(H2,30,36)(H,32,37)(H,33,39)(H,34,38)(H,40,41). The Balaban J connectivity index is 1.87. The van der Waals surface area contributed by atoms with E-state index in [9.17, 15) is 34.2 Å². The number of aromatic nitrogens is 1. The fraction of sp³-hybridized carbons (Fsp3) is 0.321. The number of aliphatic hydroxyl groups excluding tert-OH is 1. The van der Waals surface area contributed by atoms with Gasteiger partial charge in [-0.05, 0) is 23.6 Å². The third kappa shape index (κ3) is 8.88. The summed E-state index contributed by atoms with van der Waals surface area (Å²) in [5, 5.41) is 26.9. The lowest BCUT2D eigenvalue weighted by molar-refractivity contribution is -0.143. The number of carbonyl (C=O) groups excluding carboxylic acids is 4. The summed E-state index contributed by atoms with van der Waals surface area (Å²) >= 11 is 0. The zero-order chi connectivity index (χ0) is 29.9. The number of benzene rings is 2.